The number of carbonyl (C=O) groups is 3. The summed E-state index contributed by atoms with van der Waals surface area (Å²) in [5, 5.41) is 24.7. The van der Waals surface area contributed by atoms with Crippen LogP contribution in [-0.2, 0) is 25.7 Å². The summed E-state index contributed by atoms with van der Waals surface area (Å²) in [5.41, 5.74) is 0.605. The second-order valence-corrected chi connectivity index (χ2v) is 8.14. The highest BCUT2D eigenvalue weighted by atomic mass is 32.2. The van der Waals surface area contributed by atoms with Crippen LogP contribution < -0.4 is 5.32 Å². The zero-order valence-corrected chi connectivity index (χ0v) is 17.6. The van der Waals surface area contributed by atoms with Crippen LogP contribution >= 0.6 is 11.8 Å². The largest absolute Gasteiger partial charge is 0.456 e. The lowest BCUT2D eigenvalue weighted by atomic mass is 9.83. The van der Waals surface area contributed by atoms with E-state index in [1.807, 2.05) is 0 Å². The summed E-state index contributed by atoms with van der Waals surface area (Å²) in [6.45, 7) is 2.78. The van der Waals surface area contributed by atoms with Gasteiger partial charge in [0, 0.05) is 36.6 Å². The molecule has 11 heteroatoms. The molecule has 0 radical (unpaired) electrons. The number of β-lactam (4-membered cyclic amide) rings is 1. The molecule has 0 unspecified atom stereocenters. The average Bonchev–Trinajstić information content (AvgIpc) is 3.03. The number of ether oxygens (including phenoxy) is 1. The van der Waals surface area contributed by atoms with E-state index < -0.39 is 22.9 Å². The molecule has 3 rings (SSSR count). The molecule has 1 aromatic carbocycles. The summed E-state index contributed by atoms with van der Waals surface area (Å²) in [7, 11) is 0. The predicted molar refractivity (Wildman–Crippen MR) is 111 cm³/mol. The number of nitrogens with one attached hydrogen (secondary N) is 1. The van der Waals surface area contributed by atoms with Gasteiger partial charge in [0.15, 0.2) is 0 Å². The molecule has 1 aromatic rings. The van der Waals surface area contributed by atoms with Crippen molar-refractivity contribution in [3.63, 3.8) is 0 Å². The Morgan fingerprint density at radius 2 is 2.10 bits per heavy atom. The Bertz CT molecular complexity index is 971. The molecule has 0 spiro atoms. The van der Waals surface area contributed by atoms with Gasteiger partial charge in [-0.15, -0.1) is 0 Å². The SMILES string of the molecule is CC(=O)N/C=C/SC1=C(C(=O)OCc2ccc([N+](=O)[O-])cc2)N2C(=O)[C@@H]([C@H](C)O)[C@H]2C1. The second kappa shape index (κ2) is 9.31. The number of nitrogens with zero attached hydrogens (tertiary/aromatic N) is 2. The zero-order valence-electron chi connectivity index (χ0n) is 16.8. The maximum atomic E-state index is 12.8. The van der Waals surface area contributed by atoms with Crippen molar-refractivity contribution in [2.45, 2.75) is 39.0 Å². The van der Waals surface area contributed by atoms with Gasteiger partial charge in [0.05, 0.1) is 23.0 Å². The molecule has 2 heterocycles. The van der Waals surface area contributed by atoms with Crippen LogP contribution in [0.5, 0.6) is 0 Å². The van der Waals surface area contributed by atoms with E-state index in [0.717, 1.165) is 0 Å². The highest BCUT2D eigenvalue weighted by molar-refractivity contribution is 8.05. The maximum Gasteiger partial charge on any atom is 0.356 e. The number of aliphatic hydroxyl groups is 1. The Hall–Kier alpha value is -3.18. The van der Waals surface area contributed by atoms with E-state index in [-0.39, 0.29) is 35.8 Å². The average molecular weight is 447 g/mol. The van der Waals surface area contributed by atoms with Gasteiger partial charge in [-0.3, -0.25) is 19.7 Å². The molecule has 0 saturated carbocycles. The van der Waals surface area contributed by atoms with E-state index in [0.29, 0.717) is 16.9 Å². The number of carbonyl (C=O) groups excluding carboxylic acids is 3. The summed E-state index contributed by atoms with van der Waals surface area (Å²) in [4.78, 5) is 48.5. The molecular formula is C20H21N3O7S. The number of hydrogen-bond donors (Lipinski definition) is 2. The van der Waals surface area contributed by atoms with Crippen molar-refractivity contribution in [2.75, 3.05) is 0 Å². The first kappa shape index (κ1) is 22.5. The molecule has 2 N–H and O–H groups in total. The topological polar surface area (TPSA) is 139 Å². The molecule has 10 nitrogen and oxygen atoms in total. The van der Waals surface area contributed by atoms with Gasteiger partial charge >= 0.3 is 5.97 Å². The number of nitro groups is 1. The van der Waals surface area contributed by atoms with Crippen LogP contribution in [0.3, 0.4) is 0 Å². The van der Waals surface area contributed by atoms with Crippen LogP contribution in [0, 0.1) is 16.0 Å². The first-order valence-corrected chi connectivity index (χ1v) is 10.3. The van der Waals surface area contributed by atoms with Gasteiger partial charge in [-0.25, -0.2) is 4.79 Å². The minimum absolute atomic E-state index is 0.0728. The Balaban J connectivity index is 1.74. The standard InChI is InChI=1S/C20H21N3O7S/c1-11(24)17-15-9-16(31-8-7-21-12(2)25)18(22(15)19(17)26)20(27)30-10-13-3-5-14(6-4-13)23(28)29/h3-8,11,15,17,24H,9-10H2,1-2H3,(H,21,25)/b8-7+/t11-,15+,17-/m0/s1. The lowest BCUT2D eigenvalue weighted by molar-refractivity contribution is -0.384. The van der Waals surface area contributed by atoms with E-state index in [4.69, 9.17) is 4.74 Å². The lowest BCUT2D eigenvalue weighted by Crippen LogP contribution is -2.61. The normalized spacial score (nSPS) is 21.0. The Morgan fingerprint density at radius 3 is 2.68 bits per heavy atom. The number of esters is 1. The van der Waals surface area contributed by atoms with E-state index in [1.54, 1.807) is 5.41 Å². The molecule has 0 aromatic heterocycles. The number of fused-ring (bicyclic) bond motifs is 1. The number of benzene rings is 1. The van der Waals surface area contributed by atoms with Gasteiger partial charge in [-0.05, 0) is 30.0 Å². The molecule has 3 atom stereocenters. The Kier molecular flexibility index (Phi) is 6.76. The number of amides is 2. The fraction of sp³-hybridized carbons (Fsp3) is 0.350. The van der Waals surface area contributed by atoms with Crippen LogP contribution in [-0.4, -0.2) is 44.9 Å². The first-order valence-electron chi connectivity index (χ1n) is 9.44. The summed E-state index contributed by atoms with van der Waals surface area (Å²) in [6.07, 6.45) is 0.979. The van der Waals surface area contributed by atoms with Crippen molar-refractivity contribution in [1.29, 1.82) is 0 Å². The third kappa shape index (κ3) is 4.78. The smallest absolute Gasteiger partial charge is 0.356 e. The van der Waals surface area contributed by atoms with Crippen LogP contribution in [0.1, 0.15) is 25.8 Å². The number of thioether (sulfide) groups is 1. The van der Waals surface area contributed by atoms with Crippen molar-refractivity contribution in [3.05, 3.63) is 62.2 Å². The highest BCUT2D eigenvalue weighted by Crippen LogP contribution is 2.47. The minimum atomic E-state index is -0.842. The molecular weight excluding hydrogens is 426 g/mol. The number of aliphatic hydroxyl groups excluding tert-OH is 1. The molecule has 1 saturated heterocycles. The summed E-state index contributed by atoms with van der Waals surface area (Å²) in [6, 6.07) is 5.27. The number of hydrogen-bond acceptors (Lipinski definition) is 8. The summed E-state index contributed by atoms with van der Waals surface area (Å²) < 4.78 is 5.35. The van der Waals surface area contributed by atoms with Crippen molar-refractivity contribution >= 4 is 35.2 Å². The molecule has 1 fully saturated rings. The van der Waals surface area contributed by atoms with Gasteiger partial charge < -0.3 is 20.1 Å². The van der Waals surface area contributed by atoms with Crippen LogP contribution in [0.15, 0.2) is 46.5 Å². The third-order valence-electron chi connectivity index (χ3n) is 4.96. The number of nitro benzene ring substituents is 1. The quantitative estimate of drug-likeness (QED) is 0.266. The fourth-order valence-corrected chi connectivity index (χ4v) is 4.39. The molecule has 2 amide bonds. The van der Waals surface area contributed by atoms with Crippen LogP contribution in [0.25, 0.3) is 0 Å². The van der Waals surface area contributed by atoms with Crippen LogP contribution in [0.2, 0.25) is 0 Å². The minimum Gasteiger partial charge on any atom is -0.456 e. The molecule has 0 aliphatic carbocycles. The molecule has 2 aliphatic heterocycles. The monoisotopic (exact) mass is 447 g/mol. The van der Waals surface area contributed by atoms with Crippen molar-refractivity contribution in [2.24, 2.45) is 5.92 Å². The second-order valence-electron chi connectivity index (χ2n) is 7.14. The fourth-order valence-electron chi connectivity index (χ4n) is 3.52. The van der Waals surface area contributed by atoms with Crippen molar-refractivity contribution < 1.29 is 29.2 Å². The third-order valence-corrected chi connectivity index (χ3v) is 5.88. The molecule has 2 aliphatic rings. The highest BCUT2D eigenvalue weighted by Gasteiger charge is 2.56. The zero-order chi connectivity index (χ0) is 22.7. The van der Waals surface area contributed by atoms with Gasteiger partial charge in [-0.2, -0.15) is 0 Å². The Morgan fingerprint density at radius 1 is 1.42 bits per heavy atom. The molecule has 31 heavy (non-hydrogen) atoms. The van der Waals surface area contributed by atoms with Gasteiger partial charge in [-0.1, -0.05) is 11.8 Å². The van der Waals surface area contributed by atoms with E-state index in [2.05, 4.69) is 5.32 Å². The van der Waals surface area contributed by atoms with Gasteiger partial charge in [0.1, 0.15) is 12.3 Å². The summed E-state index contributed by atoms with van der Waals surface area (Å²) >= 11 is 1.19. The van der Waals surface area contributed by atoms with Gasteiger partial charge in [0.2, 0.25) is 11.8 Å². The number of non-ortho nitro benzene ring substituents is 1. The van der Waals surface area contributed by atoms with Gasteiger partial charge in [0.25, 0.3) is 5.69 Å². The van der Waals surface area contributed by atoms with Crippen molar-refractivity contribution in [1.82, 2.24) is 10.2 Å². The first-order chi connectivity index (χ1) is 14.7. The van der Waals surface area contributed by atoms with Crippen LogP contribution in [0.4, 0.5) is 5.69 Å². The van der Waals surface area contributed by atoms with E-state index >= 15 is 0 Å². The molecule has 0 bridgehead atoms. The van der Waals surface area contributed by atoms with Crippen molar-refractivity contribution in [3.8, 4) is 0 Å². The van der Waals surface area contributed by atoms with E-state index in [9.17, 15) is 29.6 Å². The maximum absolute atomic E-state index is 12.8. The predicted octanol–water partition coefficient (Wildman–Crippen LogP) is 1.80. The molecule has 164 valence electrons. The van der Waals surface area contributed by atoms with E-state index in [1.165, 1.54) is 61.0 Å². The Labute approximate surface area is 182 Å². The summed E-state index contributed by atoms with van der Waals surface area (Å²) in [5.74, 6) is -1.87. The number of rotatable bonds is 8. The lowest BCUT2D eigenvalue weighted by Gasteiger charge is -2.44.